The summed E-state index contributed by atoms with van der Waals surface area (Å²) in [7, 11) is 0. The van der Waals surface area contributed by atoms with Crippen molar-refractivity contribution in [2.24, 2.45) is 0 Å². The average Bonchev–Trinajstić information content (AvgIpc) is 2.33. The molecule has 0 bridgehead atoms. The molecule has 1 heterocycles. The molecule has 0 aromatic heterocycles. The van der Waals surface area contributed by atoms with Crippen LogP contribution in [0.15, 0.2) is 0 Å². The monoisotopic (exact) mass is 287 g/mol. The molecule has 116 valence electrons. The van der Waals surface area contributed by atoms with Gasteiger partial charge >= 0.3 is 6.09 Å². The summed E-state index contributed by atoms with van der Waals surface area (Å²) in [6, 6.07) is 0. The largest absolute Gasteiger partial charge is 0.444 e. The van der Waals surface area contributed by atoms with Crippen molar-refractivity contribution in [2.75, 3.05) is 39.3 Å². The molecule has 1 aliphatic rings. The fourth-order valence-corrected chi connectivity index (χ4v) is 2.06. The molecule has 7 heteroatoms. The van der Waals surface area contributed by atoms with Gasteiger partial charge in [-0.1, -0.05) is 0 Å². The standard InChI is InChI=1S/C13H25N3O4/c1-13(2,3)20-12(17)15-10-8-14(9-11-15)6-4-5-7-16(18)19/h4-11H2,1-3H3. The Kier molecular flexibility index (Phi) is 6.19. The number of nitro groups is 1. The summed E-state index contributed by atoms with van der Waals surface area (Å²) in [6.45, 7) is 9.39. The average molecular weight is 287 g/mol. The molecule has 1 aliphatic heterocycles. The summed E-state index contributed by atoms with van der Waals surface area (Å²) < 4.78 is 5.33. The van der Waals surface area contributed by atoms with Gasteiger partial charge in [-0.25, -0.2) is 4.79 Å². The van der Waals surface area contributed by atoms with Crippen molar-refractivity contribution in [1.29, 1.82) is 0 Å². The van der Waals surface area contributed by atoms with Crippen LogP contribution in [0.5, 0.6) is 0 Å². The molecule has 0 saturated carbocycles. The second-order valence-electron chi connectivity index (χ2n) is 6.07. The lowest BCUT2D eigenvalue weighted by Gasteiger charge is -2.35. The Bertz CT molecular complexity index is 333. The molecule has 0 aliphatic carbocycles. The Balaban J connectivity index is 2.19. The van der Waals surface area contributed by atoms with Crippen LogP contribution in [-0.4, -0.2) is 65.7 Å². The number of nitrogens with zero attached hydrogens (tertiary/aromatic N) is 3. The lowest BCUT2D eigenvalue weighted by Crippen LogP contribution is -2.50. The zero-order valence-electron chi connectivity index (χ0n) is 12.6. The van der Waals surface area contributed by atoms with E-state index in [2.05, 4.69) is 4.90 Å². The van der Waals surface area contributed by atoms with Gasteiger partial charge in [-0.05, 0) is 33.7 Å². The van der Waals surface area contributed by atoms with Crippen molar-refractivity contribution in [1.82, 2.24) is 9.80 Å². The molecule has 1 rings (SSSR count). The van der Waals surface area contributed by atoms with Crippen LogP contribution < -0.4 is 0 Å². The summed E-state index contributed by atoms with van der Waals surface area (Å²) in [5, 5.41) is 10.2. The maximum Gasteiger partial charge on any atom is 0.410 e. The molecule has 7 nitrogen and oxygen atoms in total. The first kappa shape index (κ1) is 16.7. The highest BCUT2D eigenvalue weighted by Gasteiger charge is 2.25. The first-order chi connectivity index (χ1) is 9.28. The van der Waals surface area contributed by atoms with Gasteiger partial charge in [0.2, 0.25) is 6.54 Å². The highest BCUT2D eigenvalue weighted by Crippen LogP contribution is 2.12. The number of unbranched alkanes of at least 4 members (excludes halogenated alkanes) is 1. The molecule has 0 aromatic rings. The number of hydrogen-bond donors (Lipinski definition) is 0. The van der Waals surface area contributed by atoms with Crippen LogP contribution >= 0.6 is 0 Å². The van der Waals surface area contributed by atoms with E-state index in [1.165, 1.54) is 0 Å². The van der Waals surface area contributed by atoms with Crippen LogP contribution in [0.25, 0.3) is 0 Å². The highest BCUT2D eigenvalue weighted by molar-refractivity contribution is 5.68. The van der Waals surface area contributed by atoms with Gasteiger partial charge in [-0.3, -0.25) is 15.0 Å². The van der Waals surface area contributed by atoms with Gasteiger partial charge in [0.25, 0.3) is 0 Å². The van der Waals surface area contributed by atoms with Crippen LogP contribution in [0.3, 0.4) is 0 Å². The second kappa shape index (κ2) is 7.42. The first-order valence-electron chi connectivity index (χ1n) is 7.10. The van der Waals surface area contributed by atoms with E-state index in [0.717, 1.165) is 26.1 Å². The minimum Gasteiger partial charge on any atom is -0.444 e. The normalized spacial score (nSPS) is 17.1. The summed E-state index contributed by atoms with van der Waals surface area (Å²) in [5.41, 5.74) is -0.462. The van der Waals surface area contributed by atoms with E-state index in [0.29, 0.717) is 19.5 Å². The summed E-state index contributed by atoms with van der Waals surface area (Å²) >= 11 is 0. The number of carbonyl (C=O) groups is 1. The fraction of sp³-hybridized carbons (Fsp3) is 0.923. The van der Waals surface area contributed by atoms with E-state index in [9.17, 15) is 14.9 Å². The van der Waals surface area contributed by atoms with Crippen molar-refractivity contribution in [3.8, 4) is 0 Å². The van der Waals surface area contributed by atoms with E-state index in [-0.39, 0.29) is 17.6 Å². The van der Waals surface area contributed by atoms with Crippen molar-refractivity contribution in [3.63, 3.8) is 0 Å². The molecule has 0 unspecified atom stereocenters. The van der Waals surface area contributed by atoms with Gasteiger partial charge in [0.1, 0.15) is 5.60 Å². The zero-order chi connectivity index (χ0) is 15.2. The number of rotatable bonds is 5. The highest BCUT2D eigenvalue weighted by atomic mass is 16.6. The maximum absolute atomic E-state index is 11.9. The third-order valence-corrected chi connectivity index (χ3v) is 3.09. The smallest absolute Gasteiger partial charge is 0.410 e. The summed E-state index contributed by atoms with van der Waals surface area (Å²) in [5.74, 6) is 0. The van der Waals surface area contributed by atoms with Gasteiger partial charge < -0.3 is 9.64 Å². The quantitative estimate of drug-likeness (QED) is 0.436. The minimum absolute atomic E-state index is 0.0396. The molecule has 1 amide bonds. The van der Waals surface area contributed by atoms with Crippen molar-refractivity contribution in [2.45, 2.75) is 39.2 Å². The first-order valence-corrected chi connectivity index (χ1v) is 7.10. The Hall–Kier alpha value is -1.37. The number of carbonyl (C=O) groups excluding carboxylic acids is 1. The van der Waals surface area contributed by atoms with Gasteiger partial charge in [0, 0.05) is 37.5 Å². The number of piperazine rings is 1. The lowest BCUT2D eigenvalue weighted by molar-refractivity contribution is -0.480. The summed E-state index contributed by atoms with van der Waals surface area (Å²) in [6.07, 6.45) is 1.18. The van der Waals surface area contributed by atoms with Gasteiger partial charge in [0.05, 0.1) is 0 Å². The lowest BCUT2D eigenvalue weighted by atomic mass is 10.2. The van der Waals surface area contributed by atoms with Crippen LogP contribution in [0.1, 0.15) is 33.6 Å². The van der Waals surface area contributed by atoms with Crippen LogP contribution in [0, 0.1) is 10.1 Å². The number of hydrogen-bond acceptors (Lipinski definition) is 5. The van der Waals surface area contributed by atoms with Crippen molar-refractivity contribution >= 4 is 6.09 Å². The zero-order valence-corrected chi connectivity index (χ0v) is 12.6. The number of amides is 1. The molecule has 0 atom stereocenters. The third-order valence-electron chi connectivity index (χ3n) is 3.09. The van der Waals surface area contributed by atoms with Crippen molar-refractivity contribution in [3.05, 3.63) is 10.1 Å². The Morgan fingerprint density at radius 2 is 1.80 bits per heavy atom. The Morgan fingerprint density at radius 1 is 1.20 bits per heavy atom. The SMILES string of the molecule is CC(C)(C)OC(=O)N1CCN(CCCC[N+](=O)[O-])CC1. The topological polar surface area (TPSA) is 75.9 Å². The van der Waals surface area contributed by atoms with E-state index < -0.39 is 5.60 Å². The van der Waals surface area contributed by atoms with Gasteiger partial charge in [0.15, 0.2) is 0 Å². The summed E-state index contributed by atoms with van der Waals surface area (Å²) in [4.78, 5) is 25.8. The molecule has 20 heavy (non-hydrogen) atoms. The van der Waals surface area contributed by atoms with E-state index in [1.54, 1.807) is 4.90 Å². The molecule has 0 N–H and O–H groups in total. The van der Waals surface area contributed by atoms with E-state index >= 15 is 0 Å². The maximum atomic E-state index is 11.9. The van der Waals surface area contributed by atoms with Gasteiger partial charge in [-0.15, -0.1) is 0 Å². The van der Waals surface area contributed by atoms with Gasteiger partial charge in [-0.2, -0.15) is 0 Å². The van der Waals surface area contributed by atoms with E-state index in [4.69, 9.17) is 4.74 Å². The minimum atomic E-state index is -0.462. The van der Waals surface area contributed by atoms with Crippen molar-refractivity contribution < 1.29 is 14.5 Å². The molecule has 0 radical (unpaired) electrons. The predicted molar refractivity (Wildman–Crippen MR) is 75.3 cm³/mol. The van der Waals surface area contributed by atoms with Crippen LogP contribution in [-0.2, 0) is 4.74 Å². The molecule has 1 fully saturated rings. The number of ether oxygens (including phenoxy) is 1. The van der Waals surface area contributed by atoms with Crippen LogP contribution in [0.4, 0.5) is 4.79 Å². The predicted octanol–water partition coefficient (Wildman–Crippen LogP) is 1.60. The molecule has 0 aromatic carbocycles. The second-order valence-corrected chi connectivity index (χ2v) is 6.07. The molecular weight excluding hydrogens is 262 g/mol. The molecule has 0 spiro atoms. The Morgan fingerprint density at radius 3 is 2.30 bits per heavy atom. The third kappa shape index (κ3) is 6.70. The van der Waals surface area contributed by atoms with E-state index in [1.807, 2.05) is 20.8 Å². The Labute approximate surface area is 120 Å². The van der Waals surface area contributed by atoms with Crippen LogP contribution in [0.2, 0.25) is 0 Å². The molecule has 1 saturated heterocycles. The fourth-order valence-electron chi connectivity index (χ4n) is 2.06. The molecular formula is C13H25N3O4.